The van der Waals surface area contributed by atoms with Crippen LogP contribution >= 0.6 is 22.6 Å². The average Bonchev–Trinajstić information content (AvgIpc) is 3.09. The second-order valence-corrected chi connectivity index (χ2v) is 6.63. The zero-order valence-electron chi connectivity index (χ0n) is 15.0. The summed E-state index contributed by atoms with van der Waals surface area (Å²) in [5, 5.41) is 19.1. The van der Waals surface area contributed by atoms with Gasteiger partial charge in [-0.15, -0.1) is 13.2 Å². The Morgan fingerprint density at radius 3 is 2.73 bits per heavy atom. The lowest BCUT2D eigenvalue weighted by Crippen LogP contribution is -2.18. The molecule has 0 fully saturated rings. The standard InChI is InChI=1S/C19H12F4IN5O/c20-15-7-12(4-5-16(15)30-19(21,22)23)10-26-17-14(9-25)18(29-28-17)27-13-3-1-2-11(6-13)8-24/h1-7,10H,8H2,(H2,27,28,29). The van der Waals surface area contributed by atoms with Crippen LogP contribution in [0.3, 0.4) is 0 Å². The topological polar surface area (TPSA) is 86.1 Å². The third-order valence-corrected chi connectivity index (χ3v) is 4.61. The Bertz CT molecular complexity index is 1120. The van der Waals surface area contributed by atoms with Crippen LogP contribution in [0.4, 0.5) is 34.9 Å². The van der Waals surface area contributed by atoms with Crippen molar-refractivity contribution in [3.8, 4) is 11.8 Å². The number of ether oxygens (including phenoxy) is 1. The number of rotatable bonds is 6. The van der Waals surface area contributed by atoms with Gasteiger partial charge >= 0.3 is 6.36 Å². The Labute approximate surface area is 181 Å². The van der Waals surface area contributed by atoms with Crippen LogP contribution in [0.15, 0.2) is 47.5 Å². The van der Waals surface area contributed by atoms with Crippen LogP contribution in [0.5, 0.6) is 5.75 Å². The number of nitrogens with zero attached hydrogens (tertiary/aromatic N) is 3. The maximum Gasteiger partial charge on any atom is 0.573 e. The van der Waals surface area contributed by atoms with Gasteiger partial charge in [-0.1, -0.05) is 34.7 Å². The molecule has 0 aliphatic carbocycles. The van der Waals surface area contributed by atoms with E-state index < -0.39 is 17.9 Å². The van der Waals surface area contributed by atoms with Crippen molar-refractivity contribution in [2.45, 2.75) is 10.8 Å². The summed E-state index contributed by atoms with van der Waals surface area (Å²) in [7, 11) is 0. The van der Waals surface area contributed by atoms with Crippen molar-refractivity contribution in [1.29, 1.82) is 5.26 Å². The van der Waals surface area contributed by atoms with Crippen LogP contribution in [-0.2, 0) is 4.43 Å². The molecule has 0 bridgehead atoms. The predicted molar refractivity (Wildman–Crippen MR) is 111 cm³/mol. The van der Waals surface area contributed by atoms with E-state index in [1.807, 2.05) is 30.3 Å². The van der Waals surface area contributed by atoms with Crippen molar-refractivity contribution in [3.05, 3.63) is 65.0 Å². The van der Waals surface area contributed by atoms with E-state index in [0.29, 0.717) is 5.82 Å². The fourth-order valence-electron chi connectivity index (χ4n) is 2.44. The molecular formula is C19H12F4IN5O. The third-order valence-electron chi connectivity index (χ3n) is 3.73. The largest absolute Gasteiger partial charge is 0.573 e. The second-order valence-electron chi connectivity index (χ2n) is 5.86. The molecule has 0 spiro atoms. The molecule has 154 valence electrons. The quantitative estimate of drug-likeness (QED) is 0.184. The molecule has 0 radical (unpaired) electrons. The molecule has 1 aromatic heterocycles. The van der Waals surface area contributed by atoms with E-state index in [4.69, 9.17) is 0 Å². The first-order valence-electron chi connectivity index (χ1n) is 8.29. The normalized spacial score (nSPS) is 11.5. The molecule has 6 nitrogen and oxygen atoms in total. The monoisotopic (exact) mass is 529 g/mol. The summed E-state index contributed by atoms with van der Waals surface area (Å²) in [6.07, 6.45) is -3.81. The van der Waals surface area contributed by atoms with Gasteiger partial charge in [-0.2, -0.15) is 10.4 Å². The summed E-state index contributed by atoms with van der Waals surface area (Å²) in [6.45, 7) is 0. The minimum absolute atomic E-state index is 0.0427. The molecule has 30 heavy (non-hydrogen) atoms. The minimum Gasteiger partial charge on any atom is -0.403 e. The van der Waals surface area contributed by atoms with E-state index in [1.54, 1.807) is 0 Å². The zero-order chi connectivity index (χ0) is 21.7. The van der Waals surface area contributed by atoms with Crippen molar-refractivity contribution in [1.82, 2.24) is 10.2 Å². The van der Waals surface area contributed by atoms with Gasteiger partial charge in [0.05, 0.1) is 0 Å². The third kappa shape index (κ3) is 5.47. The zero-order valence-corrected chi connectivity index (χ0v) is 17.1. The van der Waals surface area contributed by atoms with Crippen LogP contribution < -0.4 is 10.1 Å². The van der Waals surface area contributed by atoms with Gasteiger partial charge in [0.1, 0.15) is 17.5 Å². The lowest BCUT2D eigenvalue weighted by molar-refractivity contribution is -0.275. The Hall–Kier alpha value is -3.14. The number of H-pyrrole nitrogens is 1. The Morgan fingerprint density at radius 2 is 2.07 bits per heavy atom. The minimum atomic E-state index is -4.99. The van der Waals surface area contributed by atoms with E-state index in [1.165, 1.54) is 12.3 Å². The molecule has 1 heterocycles. The van der Waals surface area contributed by atoms with E-state index in [0.717, 1.165) is 27.8 Å². The molecule has 0 saturated heterocycles. The number of aromatic amines is 1. The summed E-state index contributed by atoms with van der Waals surface area (Å²) in [6, 6.07) is 12.4. The Morgan fingerprint density at radius 1 is 1.27 bits per heavy atom. The number of nitrogens with one attached hydrogen (secondary N) is 2. The SMILES string of the molecule is N#Cc1c(N=Cc2ccc(OC(F)(F)F)c(F)c2)n[nH]c1Nc1cccc(CI)c1. The first-order chi connectivity index (χ1) is 14.3. The lowest BCUT2D eigenvalue weighted by atomic mass is 10.2. The molecule has 0 saturated carbocycles. The van der Waals surface area contributed by atoms with Gasteiger partial charge in [-0.25, -0.2) is 9.38 Å². The fraction of sp³-hybridized carbons (Fsp3) is 0.105. The number of halogens is 5. The van der Waals surface area contributed by atoms with Crippen LogP contribution in [0.1, 0.15) is 16.7 Å². The van der Waals surface area contributed by atoms with Crippen molar-refractivity contribution in [2.24, 2.45) is 4.99 Å². The van der Waals surface area contributed by atoms with Crippen molar-refractivity contribution in [3.63, 3.8) is 0 Å². The van der Waals surface area contributed by atoms with Crippen molar-refractivity contribution >= 4 is 46.1 Å². The molecular weight excluding hydrogens is 517 g/mol. The van der Waals surface area contributed by atoms with Gasteiger partial charge in [0.2, 0.25) is 0 Å². The molecule has 2 aromatic carbocycles. The molecule has 0 unspecified atom stereocenters. The molecule has 3 aromatic rings. The molecule has 2 N–H and O–H groups in total. The number of hydrogen-bond donors (Lipinski definition) is 2. The highest BCUT2D eigenvalue weighted by molar-refractivity contribution is 14.1. The Balaban J connectivity index is 1.79. The van der Waals surface area contributed by atoms with Gasteiger partial charge in [0, 0.05) is 16.3 Å². The fourth-order valence-corrected chi connectivity index (χ4v) is 2.91. The number of nitriles is 1. The number of benzene rings is 2. The first kappa shape index (κ1) is 21.6. The van der Waals surface area contributed by atoms with Crippen LogP contribution in [0.25, 0.3) is 0 Å². The van der Waals surface area contributed by atoms with E-state index in [9.17, 15) is 22.8 Å². The maximum atomic E-state index is 13.8. The Kier molecular flexibility index (Phi) is 6.56. The van der Waals surface area contributed by atoms with Crippen LogP contribution in [0, 0.1) is 17.1 Å². The second kappa shape index (κ2) is 9.12. The molecule has 0 aliphatic rings. The number of anilines is 2. The smallest absolute Gasteiger partial charge is 0.403 e. The van der Waals surface area contributed by atoms with Crippen molar-refractivity contribution < 1.29 is 22.3 Å². The van der Waals surface area contributed by atoms with Gasteiger partial charge < -0.3 is 10.1 Å². The van der Waals surface area contributed by atoms with Gasteiger partial charge in [0.15, 0.2) is 17.4 Å². The summed E-state index contributed by atoms with van der Waals surface area (Å²) < 4.78 is 54.8. The molecule has 11 heteroatoms. The molecule has 0 aliphatic heterocycles. The van der Waals surface area contributed by atoms with Crippen molar-refractivity contribution in [2.75, 3.05) is 5.32 Å². The molecule has 0 amide bonds. The first-order valence-corrected chi connectivity index (χ1v) is 9.81. The predicted octanol–water partition coefficient (Wildman–Crippen LogP) is 5.75. The average molecular weight is 529 g/mol. The molecule has 0 atom stereocenters. The van der Waals surface area contributed by atoms with Crippen LogP contribution in [0.2, 0.25) is 0 Å². The number of aliphatic imine (C=N–C) groups is 1. The van der Waals surface area contributed by atoms with E-state index in [2.05, 4.69) is 47.8 Å². The number of hydrogen-bond acceptors (Lipinski definition) is 5. The van der Waals surface area contributed by atoms with E-state index in [-0.39, 0.29) is 16.9 Å². The van der Waals surface area contributed by atoms with Gasteiger partial charge in [-0.3, -0.25) is 5.10 Å². The number of aromatic nitrogens is 2. The summed E-state index contributed by atoms with van der Waals surface area (Å²) in [5.74, 6) is -1.77. The summed E-state index contributed by atoms with van der Waals surface area (Å²) >= 11 is 2.24. The highest BCUT2D eigenvalue weighted by Crippen LogP contribution is 2.28. The number of alkyl halides is 4. The van der Waals surface area contributed by atoms with E-state index >= 15 is 0 Å². The summed E-state index contributed by atoms with van der Waals surface area (Å²) in [5.41, 5.74) is 2.14. The summed E-state index contributed by atoms with van der Waals surface area (Å²) in [4.78, 5) is 4.03. The highest BCUT2D eigenvalue weighted by atomic mass is 127. The van der Waals surface area contributed by atoms with Gasteiger partial charge in [0.25, 0.3) is 0 Å². The van der Waals surface area contributed by atoms with Crippen LogP contribution in [-0.4, -0.2) is 22.8 Å². The molecule has 3 rings (SSSR count). The maximum absolute atomic E-state index is 13.8. The van der Waals surface area contributed by atoms with Gasteiger partial charge in [-0.05, 0) is 41.5 Å². The highest BCUT2D eigenvalue weighted by Gasteiger charge is 2.32. The lowest BCUT2D eigenvalue weighted by Gasteiger charge is -2.09.